The van der Waals surface area contributed by atoms with E-state index in [1.807, 2.05) is 28.8 Å². The Hall–Kier alpha value is -2.07. The van der Waals surface area contributed by atoms with E-state index in [1.54, 1.807) is 19.5 Å². The van der Waals surface area contributed by atoms with Gasteiger partial charge in [-0.3, -0.25) is 0 Å². The zero-order valence-corrected chi connectivity index (χ0v) is 10.5. The highest BCUT2D eigenvalue weighted by atomic mass is 16.5. The summed E-state index contributed by atoms with van der Waals surface area (Å²) in [7, 11) is 1.68. The lowest BCUT2D eigenvalue weighted by Gasteiger charge is -2.05. The van der Waals surface area contributed by atoms with Gasteiger partial charge >= 0.3 is 0 Å². The van der Waals surface area contributed by atoms with E-state index in [4.69, 9.17) is 10.5 Å². The number of nitrogen functional groups attached to an aromatic ring is 1. The summed E-state index contributed by atoms with van der Waals surface area (Å²) in [6, 6.07) is 8.04. The fourth-order valence-corrected chi connectivity index (χ4v) is 1.87. The molecule has 0 aliphatic carbocycles. The molecule has 0 fully saturated rings. The molecule has 0 radical (unpaired) electrons. The first kappa shape index (κ1) is 12.4. The molecule has 0 saturated carbocycles. The van der Waals surface area contributed by atoms with E-state index in [0.29, 0.717) is 19.0 Å². The van der Waals surface area contributed by atoms with E-state index in [2.05, 4.69) is 11.6 Å². The van der Waals surface area contributed by atoms with Gasteiger partial charge in [-0.2, -0.15) is 0 Å². The van der Waals surface area contributed by atoms with Crippen molar-refractivity contribution in [1.82, 2.24) is 9.55 Å². The van der Waals surface area contributed by atoms with Crippen LogP contribution >= 0.6 is 0 Å². The Bertz CT molecular complexity index is 546. The van der Waals surface area contributed by atoms with Crippen molar-refractivity contribution in [2.75, 3.05) is 12.8 Å². The van der Waals surface area contributed by atoms with Crippen molar-refractivity contribution in [3.63, 3.8) is 0 Å². The minimum atomic E-state index is 0.584. The van der Waals surface area contributed by atoms with Crippen molar-refractivity contribution in [2.45, 2.75) is 13.2 Å². The summed E-state index contributed by atoms with van der Waals surface area (Å²) < 4.78 is 6.99. The van der Waals surface area contributed by atoms with Gasteiger partial charge in [-0.15, -0.1) is 6.58 Å². The first-order valence-corrected chi connectivity index (χ1v) is 5.76. The van der Waals surface area contributed by atoms with Crippen LogP contribution in [0.5, 0.6) is 0 Å². The van der Waals surface area contributed by atoms with Gasteiger partial charge in [-0.1, -0.05) is 24.3 Å². The molecule has 0 bridgehead atoms. The van der Waals surface area contributed by atoms with E-state index < -0.39 is 0 Å². The van der Waals surface area contributed by atoms with Crippen LogP contribution in [-0.2, 0) is 17.9 Å². The Morgan fingerprint density at radius 3 is 3.06 bits per heavy atom. The number of imidazole rings is 1. The molecule has 1 aromatic heterocycles. The zero-order valence-electron chi connectivity index (χ0n) is 10.5. The molecule has 0 saturated heterocycles. The van der Waals surface area contributed by atoms with Crippen LogP contribution < -0.4 is 5.73 Å². The lowest BCUT2D eigenvalue weighted by molar-refractivity contribution is 0.185. The lowest BCUT2D eigenvalue weighted by Crippen LogP contribution is -2.00. The van der Waals surface area contributed by atoms with Gasteiger partial charge in [0.2, 0.25) is 0 Å². The van der Waals surface area contributed by atoms with Crippen LogP contribution in [0.25, 0.3) is 11.3 Å². The predicted octanol–water partition coefficient (Wildman–Crippen LogP) is 2.46. The number of benzene rings is 1. The van der Waals surface area contributed by atoms with Crippen molar-refractivity contribution in [3.05, 3.63) is 48.8 Å². The maximum atomic E-state index is 6.07. The normalized spacial score (nSPS) is 10.5. The Kier molecular flexibility index (Phi) is 3.79. The van der Waals surface area contributed by atoms with Crippen molar-refractivity contribution >= 4 is 5.82 Å². The molecule has 4 heteroatoms. The molecule has 2 N–H and O–H groups in total. The molecule has 0 aliphatic rings. The fraction of sp³-hybridized carbons (Fsp3) is 0.214. The largest absolute Gasteiger partial charge is 0.383 e. The van der Waals surface area contributed by atoms with Crippen LogP contribution in [0.15, 0.2) is 43.2 Å². The van der Waals surface area contributed by atoms with Gasteiger partial charge in [0, 0.05) is 19.2 Å². The Balaban J connectivity index is 2.36. The van der Waals surface area contributed by atoms with Crippen LogP contribution in [0.2, 0.25) is 0 Å². The van der Waals surface area contributed by atoms with Crippen LogP contribution in [0, 0.1) is 0 Å². The molecule has 1 heterocycles. The van der Waals surface area contributed by atoms with Crippen LogP contribution in [0.1, 0.15) is 5.56 Å². The molecule has 0 aliphatic heterocycles. The van der Waals surface area contributed by atoms with Crippen LogP contribution in [0.3, 0.4) is 0 Å². The number of hydrogen-bond donors (Lipinski definition) is 1. The second-order valence-corrected chi connectivity index (χ2v) is 4.05. The number of ether oxygens (including phenoxy) is 1. The average molecular weight is 243 g/mol. The molecule has 18 heavy (non-hydrogen) atoms. The minimum absolute atomic E-state index is 0.584. The highest BCUT2D eigenvalue weighted by molar-refractivity contribution is 5.70. The number of aromatic nitrogens is 2. The second-order valence-electron chi connectivity index (χ2n) is 4.05. The Morgan fingerprint density at radius 2 is 2.33 bits per heavy atom. The average Bonchev–Trinajstić information content (AvgIpc) is 2.73. The molecule has 2 aromatic rings. The molecule has 0 spiro atoms. The summed E-state index contributed by atoms with van der Waals surface area (Å²) in [5.74, 6) is 0.657. The van der Waals surface area contributed by atoms with Crippen molar-refractivity contribution in [3.8, 4) is 11.3 Å². The second kappa shape index (κ2) is 5.51. The standard InChI is InChI=1S/C14H17N3O/c1-3-7-17-10-16-13(14(17)15)12-6-4-5-11(8-12)9-18-2/h3-6,8,10H,1,7,9,15H2,2H3. The van der Waals surface area contributed by atoms with Crippen molar-refractivity contribution in [2.24, 2.45) is 0 Å². The third-order valence-electron chi connectivity index (χ3n) is 2.72. The summed E-state index contributed by atoms with van der Waals surface area (Å²) in [4.78, 5) is 4.36. The monoisotopic (exact) mass is 243 g/mol. The predicted molar refractivity (Wildman–Crippen MR) is 73.0 cm³/mol. The molecule has 0 unspecified atom stereocenters. The fourth-order valence-electron chi connectivity index (χ4n) is 1.87. The van der Waals surface area contributed by atoms with Gasteiger partial charge in [0.1, 0.15) is 11.5 Å². The number of allylic oxidation sites excluding steroid dienone is 1. The minimum Gasteiger partial charge on any atom is -0.383 e. The quantitative estimate of drug-likeness (QED) is 0.821. The van der Waals surface area contributed by atoms with E-state index in [9.17, 15) is 0 Å². The number of methoxy groups -OCH3 is 1. The summed E-state index contributed by atoms with van der Waals surface area (Å²) >= 11 is 0. The van der Waals surface area contributed by atoms with Gasteiger partial charge in [0.25, 0.3) is 0 Å². The summed E-state index contributed by atoms with van der Waals surface area (Å²) in [5, 5.41) is 0. The maximum absolute atomic E-state index is 6.07. The van der Waals surface area contributed by atoms with E-state index in [1.165, 1.54) is 0 Å². The molecule has 1 aromatic carbocycles. The molecular formula is C14H17N3O. The van der Waals surface area contributed by atoms with E-state index >= 15 is 0 Å². The SMILES string of the molecule is C=CCn1cnc(-c2cccc(COC)c2)c1N. The maximum Gasteiger partial charge on any atom is 0.131 e. The summed E-state index contributed by atoms with van der Waals surface area (Å²) in [6.45, 7) is 4.94. The highest BCUT2D eigenvalue weighted by Gasteiger charge is 2.09. The summed E-state index contributed by atoms with van der Waals surface area (Å²) in [5.41, 5.74) is 8.98. The molecule has 0 atom stereocenters. The zero-order chi connectivity index (χ0) is 13.0. The number of hydrogen-bond acceptors (Lipinski definition) is 3. The van der Waals surface area contributed by atoms with Crippen LogP contribution in [0.4, 0.5) is 5.82 Å². The summed E-state index contributed by atoms with van der Waals surface area (Å²) in [6.07, 6.45) is 3.53. The third-order valence-corrected chi connectivity index (χ3v) is 2.72. The van der Waals surface area contributed by atoms with Gasteiger partial charge in [0.05, 0.1) is 12.9 Å². The van der Waals surface area contributed by atoms with E-state index in [0.717, 1.165) is 16.8 Å². The number of nitrogens with two attached hydrogens (primary N) is 1. The van der Waals surface area contributed by atoms with Gasteiger partial charge in [-0.05, 0) is 11.6 Å². The van der Waals surface area contributed by atoms with Gasteiger partial charge in [-0.25, -0.2) is 4.98 Å². The Morgan fingerprint density at radius 1 is 1.50 bits per heavy atom. The smallest absolute Gasteiger partial charge is 0.131 e. The first-order chi connectivity index (χ1) is 8.76. The number of anilines is 1. The van der Waals surface area contributed by atoms with Crippen LogP contribution in [-0.4, -0.2) is 16.7 Å². The van der Waals surface area contributed by atoms with Gasteiger partial charge < -0.3 is 15.0 Å². The Labute approximate surface area is 107 Å². The molecule has 2 rings (SSSR count). The van der Waals surface area contributed by atoms with Crippen molar-refractivity contribution < 1.29 is 4.74 Å². The lowest BCUT2D eigenvalue weighted by atomic mass is 10.1. The molecule has 0 amide bonds. The number of nitrogens with zero attached hydrogens (tertiary/aromatic N) is 2. The highest BCUT2D eigenvalue weighted by Crippen LogP contribution is 2.25. The van der Waals surface area contributed by atoms with E-state index in [-0.39, 0.29) is 0 Å². The third kappa shape index (κ3) is 2.43. The molecule has 4 nitrogen and oxygen atoms in total. The van der Waals surface area contributed by atoms with Crippen molar-refractivity contribution in [1.29, 1.82) is 0 Å². The molecule has 94 valence electrons. The number of rotatable bonds is 5. The molecular weight excluding hydrogens is 226 g/mol. The van der Waals surface area contributed by atoms with Gasteiger partial charge in [0.15, 0.2) is 0 Å². The topological polar surface area (TPSA) is 53.1 Å². The first-order valence-electron chi connectivity index (χ1n) is 5.76.